The zero-order valence-corrected chi connectivity index (χ0v) is 28.8. The van der Waals surface area contributed by atoms with E-state index in [1.165, 1.54) is 186 Å². The first-order chi connectivity index (χ1) is 21.6. The van der Waals surface area contributed by atoms with E-state index in [9.17, 15) is 10.2 Å². The normalized spacial score (nSPS) is 42.7. The molecular formula is C42H72O2. The lowest BCUT2D eigenvalue weighted by molar-refractivity contribution is -0.138. The van der Waals surface area contributed by atoms with Gasteiger partial charge in [-0.2, -0.15) is 0 Å². The molecule has 7 saturated carbocycles. The molecule has 2 N–H and O–H groups in total. The fraction of sp³-hybridized carbons (Fsp3) is 1.00. The summed E-state index contributed by atoms with van der Waals surface area (Å²) in [6.45, 7) is 0. The molecule has 252 valence electrons. The van der Waals surface area contributed by atoms with E-state index >= 15 is 0 Å². The highest BCUT2D eigenvalue weighted by atomic mass is 16.3. The molecule has 7 fully saturated rings. The Morgan fingerprint density at radius 2 is 0.568 bits per heavy atom. The molecule has 44 heavy (non-hydrogen) atoms. The monoisotopic (exact) mass is 609 g/mol. The first-order valence-corrected chi connectivity index (χ1v) is 21.0. The molecule has 0 spiro atoms. The molecule has 0 aromatic heterocycles. The summed E-state index contributed by atoms with van der Waals surface area (Å²) in [4.78, 5) is 0. The second kappa shape index (κ2) is 15.0. The van der Waals surface area contributed by atoms with Gasteiger partial charge in [0.25, 0.3) is 0 Å². The van der Waals surface area contributed by atoms with Crippen molar-refractivity contribution in [3.05, 3.63) is 0 Å². The number of rotatable bonds is 6. The van der Waals surface area contributed by atoms with Gasteiger partial charge >= 0.3 is 0 Å². The average molecular weight is 609 g/mol. The zero-order valence-electron chi connectivity index (χ0n) is 28.8. The lowest BCUT2D eigenvalue weighted by atomic mass is 9.47. The van der Waals surface area contributed by atoms with E-state index in [0.717, 1.165) is 35.5 Å². The minimum atomic E-state index is -0.0313. The van der Waals surface area contributed by atoms with E-state index < -0.39 is 0 Å². The van der Waals surface area contributed by atoms with Crippen LogP contribution < -0.4 is 0 Å². The number of hydrogen-bond donors (Lipinski definition) is 2. The van der Waals surface area contributed by atoms with Crippen LogP contribution in [-0.2, 0) is 0 Å². The molecule has 0 heterocycles. The van der Waals surface area contributed by atoms with E-state index in [2.05, 4.69) is 0 Å². The second-order valence-corrected chi connectivity index (χ2v) is 18.4. The van der Waals surface area contributed by atoms with Crippen molar-refractivity contribution in [2.45, 2.75) is 198 Å². The van der Waals surface area contributed by atoms with Crippen LogP contribution in [0.3, 0.4) is 0 Å². The van der Waals surface area contributed by atoms with Gasteiger partial charge < -0.3 is 10.2 Å². The minimum absolute atomic E-state index is 0.0313. The van der Waals surface area contributed by atoms with Gasteiger partial charge in [-0.25, -0.2) is 0 Å². The van der Waals surface area contributed by atoms with Crippen molar-refractivity contribution >= 4 is 0 Å². The largest absolute Gasteiger partial charge is 0.393 e. The number of aliphatic hydroxyl groups excluding tert-OH is 2. The first kappa shape index (κ1) is 32.5. The Labute approximate surface area is 272 Å². The topological polar surface area (TPSA) is 40.5 Å². The molecule has 7 rings (SSSR count). The summed E-state index contributed by atoms with van der Waals surface area (Å²) >= 11 is 0. The van der Waals surface area contributed by atoms with Crippen LogP contribution in [0.4, 0.5) is 0 Å². The second-order valence-electron chi connectivity index (χ2n) is 18.4. The maximum Gasteiger partial charge on any atom is 0.0602 e. The highest BCUT2D eigenvalue weighted by molar-refractivity contribution is 5.05. The van der Waals surface area contributed by atoms with E-state index in [4.69, 9.17) is 0 Å². The fourth-order valence-corrected chi connectivity index (χ4v) is 14.1. The van der Waals surface area contributed by atoms with Crippen molar-refractivity contribution < 1.29 is 10.2 Å². The maximum atomic E-state index is 12.3. The van der Waals surface area contributed by atoms with Crippen LogP contribution in [0.25, 0.3) is 0 Å². The smallest absolute Gasteiger partial charge is 0.0602 e. The molecular weight excluding hydrogens is 536 g/mol. The van der Waals surface area contributed by atoms with Crippen LogP contribution in [0, 0.1) is 64.6 Å². The van der Waals surface area contributed by atoms with E-state index in [1.807, 2.05) is 0 Å². The summed E-state index contributed by atoms with van der Waals surface area (Å²) in [6.07, 6.45) is 40.7. The van der Waals surface area contributed by atoms with Crippen LogP contribution in [0.2, 0.25) is 0 Å². The molecule has 0 aromatic carbocycles. The van der Waals surface area contributed by atoms with Gasteiger partial charge in [-0.3, -0.25) is 0 Å². The highest BCUT2D eigenvalue weighted by Crippen LogP contribution is 2.62. The molecule has 7 aliphatic carbocycles. The molecule has 0 aliphatic heterocycles. The van der Waals surface area contributed by atoms with Gasteiger partial charge in [0.15, 0.2) is 0 Å². The third-order valence-corrected chi connectivity index (χ3v) is 16.4. The highest BCUT2D eigenvalue weighted by Gasteiger charge is 2.56. The molecule has 4 atom stereocenters. The van der Waals surface area contributed by atoms with Gasteiger partial charge in [0.05, 0.1) is 12.2 Å². The molecule has 0 amide bonds. The minimum Gasteiger partial charge on any atom is -0.393 e. The Morgan fingerprint density at radius 1 is 0.318 bits per heavy atom. The predicted molar refractivity (Wildman–Crippen MR) is 183 cm³/mol. The van der Waals surface area contributed by atoms with Gasteiger partial charge in [-0.1, -0.05) is 148 Å². The van der Waals surface area contributed by atoms with Gasteiger partial charge in [0.1, 0.15) is 0 Å². The third kappa shape index (κ3) is 6.76. The van der Waals surface area contributed by atoms with Gasteiger partial charge in [0.2, 0.25) is 0 Å². The van der Waals surface area contributed by atoms with E-state index in [0.29, 0.717) is 29.1 Å². The molecule has 2 heteroatoms. The van der Waals surface area contributed by atoms with Gasteiger partial charge in [0, 0.05) is 0 Å². The number of aliphatic hydroxyl groups is 2. The Bertz CT molecular complexity index is 733. The third-order valence-electron chi connectivity index (χ3n) is 16.4. The first-order valence-electron chi connectivity index (χ1n) is 21.0. The Kier molecular flexibility index (Phi) is 11.1. The summed E-state index contributed by atoms with van der Waals surface area (Å²) in [5.41, 5.74) is 0.484. The summed E-state index contributed by atoms with van der Waals surface area (Å²) < 4.78 is 0. The predicted octanol–water partition coefficient (Wildman–Crippen LogP) is 11.3. The average Bonchev–Trinajstić information content (AvgIpc) is 3.10. The molecule has 0 saturated heterocycles. The summed E-state index contributed by atoms with van der Waals surface area (Å²) in [6, 6.07) is 0. The molecule has 0 radical (unpaired) electrons. The maximum absolute atomic E-state index is 12.3. The van der Waals surface area contributed by atoms with Gasteiger partial charge in [-0.05, 0) is 103 Å². The van der Waals surface area contributed by atoms with Gasteiger partial charge in [-0.15, -0.1) is 0 Å². The van der Waals surface area contributed by atoms with Crippen LogP contribution in [0.5, 0.6) is 0 Å². The lowest BCUT2D eigenvalue weighted by Gasteiger charge is -2.59. The molecule has 7 aliphatic rings. The molecule has 0 aromatic rings. The standard InChI is InChI=1S/C42H72O2/c43-40-36(30-16-6-1-7-17-30)26-34(27-37(40)31-18-8-2-9-19-31)42(24-14-5-15-25-42)35-28-38(32-20-10-3-11-21-32)41(44)39(29-35)33-22-12-4-13-23-33/h30-41,43-44H,1-29H2. The zero-order chi connectivity index (χ0) is 29.9. The van der Waals surface area contributed by atoms with Crippen LogP contribution in [-0.4, -0.2) is 22.4 Å². The molecule has 4 unspecified atom stereocenters. The van der Waals surface area contributed by atoms with Crippen molar-refractivity contribution in [2.24, 2.45) is 64.6 Å². The SMILES string of the molecule is OC1C(C2CCCCC2)CC(C2(C3CC(C4CCCCC4)C(O)C(C4CCCCC4)C3)CCCCC2)CC1C1CCCCC1. The quantitative estimate of drug-likeness (QED) is 0.315. The van der Waals surface area contributed by atoms with E-state index in [-0.39, 0.29) is 12.2 Å². The number of hydrogen-bond acceptors (Lipinski definition) is 2. The summed E-state index contributed by atoms with van der Waals surface area (Å²) in [5.74, 6) is 7.05. The lowest BCUT2D eigenvalue weighted by Crippen LogP contribution is -2.54. The molecule has 0 bridgehead atoms. The Balaban J connectivity index is 1.21. The molecule has 2 nitrogen and oxygen atoms in total. The van der Waals surface area contributed by atoms with Crippen molar-refractivity contribution in [2.75, 3.05) is 0 Å². The van der Waals surface area contributed by atoms with E-state index in [1.54, 1.807) is 0 Å². The Hall–Kier alpha value is -0.0800. The van der Waals surface area contributed by atoms with Crippen molar-refractivity contribution in [1.29, 1.82) is 0 Å². The van der Waals surface area contributed by atoms with Crippen LogP contribution in [0.1, 0.15) is 186 Å². The van der Waals surface area contributed by atoms with Crippen molar-refractivity contribution in [3.63, 3.8) is 0 Å². The van der Waals surface area contributed by atoms with Crippen LogP contribution >= 0.6 is 0 Å². The van der Waals surface area contributed by atoms with Crippen LogP contribution in [0.15, 0.2) is 0 Å². The summed E-state index contributed by atoms with van der Waals surface area (Å²) in [7, 11) is 0. The Morgan fingerprint density at radius 3 is 0.841 bits per heavy atom. The fourth-order valence-electron chi connectivity index (χ4n) is 14.1. The van der Waals surface area contributed by atoms with Crippen molar-refractivity contribution in [3.8, 4) is 0 Å². The summed E-state index contributed by atoms with van der Waals surface area (Å²) in [5, 5.41) is 24.5. The van der Waals surface area contributed by atoms with Crippen molar-refractivity contribution in [1.82, 2.24) is 0 Å².